The second kappa shape index (κ2) is 7.21. The van der Waals surface area contributed by atoms with Gasteiger partial charge in [-0.15, -0.1) is 0 Å². The third-order valence-electron chi connectivity index (χ3n) is 3.60. The van der Waals surface area contributed by atoms with Crippen molar-refractivity contribution in [3.63, 3.8) is 0 Å². The van der Waals surface area contributed by atoms with Crippen LogP contribution in [0.1, 0.15) is 28.8 Å². The van der Waals surface area contributed by atoms with Gasteiger partial charge >= 0.3 is 0 Å². The Morgan fingerprint density at radius 2 is 2.05 bits per heavy atom. The highest BCUT2D eigenvalue weighted by molar-refractivity contribution is 7.88. The first-order valence-corrected chi connectivity index (χ1v) is 9.12. The molecule has 6 nitrogen and oxygen atoms in total. The van der Waals surface area contributed by atoms with Crippen molar-refractivity contribution in [2.75, 3.05) is 26.5 Å². The largest absolute Gasteiger partial charge is 0.380 e. The van der Waals surface area contributed by atoms with E-state index in [4.69, 9.17) is 4.74 Å². The van der Waals surface area contributed by atoms with E-state index in [1.807, 2.05) is 12.1 Å². The molecule has 1 fully saturated rings. The minimum absolute atomic E-state index is 0.0658. The summed E-state index contributed by atoms with van der Waals surface area (Å²) in [5.41, 5.74) is 1.62. The molecule has 0 bridgehead atoms. The van der Waals surface area contributed by atoms with E-state index >= 15 is 0 Å². The van der Waals surface area contributed by atoms with E-state index in [-0.39, 0.29) is 11.9 Å². The Kier molecular flexibility index (Phi) is 5.55. The predicted octanol–water partition coefficient (Wildman–Crippen LogP) is 0.987. The van der Waals surface area contributed by atoms with Crippen molar-refractivity contribution < 1.29 is 17.9 Å². The molecule has 0 spiro atoms. The van der Waals surface area contributed by atoms with Crippen molar-refractivity contribution in [3.8, 4) is 0 Å². The zero-order chi connectivity index (χ0) is 16.2. The Morgan fingerprint density at radius 3 is 2.64 bits per heavy atom. The molecule has 0 radical (unpaired) electrons. The fraction of sp³-hybridized carbons (Fsp3) is 0.533. The molecule has 7 heteroatoms. The maximum Gasteiger partial charge on any atom is 0.253 e. The second-order valence-corrected chi connectivity index (χ2v) is 7.39. The molecule has 2 rings (SSSR count). The summed E-state index contributed by atoms with van der Waals surface area (Å²) in [5, 5.41) is 0. The van der Waals surface area contributed by atoms with E-state index in [2.05, 4.69) is 4.72 Å². The number of methoxy groups -OCH3 is 1. The van der Waals surface area contributed by atoms with Gasteiger partial charge < -0.3 is 9.64 Å². The molecule has 1 N–H and O–H groups in total. The van der Waals surface area contributed by atoms with Crippen LogP contribution < -0.4 is 4.72 Å². The third kappa shape index (κ3) is 4.79. The van der Waals surface area contributed by atoms with Gasteiger partial charge in [-0.3, -0.25) is 4.79 Å². The lowest BCUT2D eigenvalue weighted by atomic mass is 10.0. The molecule has 1 heterocycles. The van der Waals surface area contributed by atoms with Gasteiger partial charge in [0.05, 0.1) is 12.9 Å². The number of sulfonamides is 1. The van der Waals surface area contributed by atoms with E-state index < -0.39 is 10.0 Å². The molecule has 122 valence electrons. The van der Waals surface area contributed by atoms with Crippen LogP contribution in [0.25, 0.3) is 0 Å². The van der Waals surface area contributed by atoms with E-state index in [0.29, 0.717) is 25.3 Å². The van der Waals surface area contributed by atoms with Gasteiger partial charge in [0.15, 0.2) is 0 Å². The van der Waals surface area contributed by atoms with Gasteiger partial charge in [-0.2, -0.15) is 0 Å². The summed E-state index contributed by atoms with van der Waals surface area (Å²) in [7, 11) is -1.62. The van der Waals surface area contributed by atoms with Gasteiger partial charge in [-0.25, -0.2) is 13.1 Å². The average Bonchev–Trinajstić information content (AvgIpc) is 2.46. The summed E-state index contributed by atoms with van der Waals surface area (Å²) in [6, 6.07) is 7.09. The number of carbonyl (C=O) groups is 1. The zero-order valence-electron chi connectivity index (χ0n) is 12.9. The molecule has 1 aliphatic heterocycles. The summed E-state index contributed by atoms with van der Waals surface area (Å²) in [5.74, 6) is -0.0658. The summed E-state index contributed by atoms with van der Waals surface area (Å²) >= 11 is 0. The molecule has 0 aromatic heterocycles. The van der Waals surface area contributed by atoms with E-state index in [9.17, 15) is 13.2 Å². The van der Waals surface area contributed by atoms with Crippen molar-refractivity contribution in [3.05, 3.63) is 35.4 Å². The van der Waals surface area contributed by atoms with Gasteiger partial charge in [0.25, 0.3) is 5.91 Å². The number of hydrogen-bond acceptors (Lipinski definition) is 4. The Hall–Kier alpha value is -1.44. The lowest BCUT2D eigenvalue weighted by molar-refractivity contribution is 0.0703. The zero-order valence-corrected chi connectivity index (χ0v) is 13.7. The number of piperidine rings is 1. The number of nitrogens with one attached hydrogen (secondary N) is 1. The van der Waals surface area contributed by atoms with Crippen molar-refractivity contribution >= 4 is 15.9 Å². The Balaban J connectivity index is 2.02. The predicted molar refractivity (Wildman–Crippen MR) is 84.1 cm³/mol. The molecule has 0 saturated carbocycles. The number of rotatable bonds is 5. The Morgan fingerprint density at radius 1 is 1.36 bits per heavy atom. The van der Waals surface area contributed by atoms with Gasteiger partial charge in [-0.05, 0) is 30.5 Å². The van der Waals surface area contributed by atoms with Gasteiger partial charge in [0, 0.05) is 31.8 Å². The van der Waals surface area contributed by atoms with Crippen LogP contribution >= 0.6 is 0 Å². The highest BCUT2D eigenvalue weighted by Gasteiger charge is 2.26. The molecule has 0 aliphatic carbocycles. The Labute approximate surface area is 131 Å². The third-order valence-corrected chi connectivity index (χ3v) is 4.36. The SMILES string of the molecule is COCc1ccc(C(=O)N2CCC[C@@H](NS(C)(=O)=O)C2)cc1. The number of likely N-dealkylation sites (tertiary alicyclic amines) is 1. The maximum absolute atomic E-state index is 12.5. The fourth-order valence-corrected chi connectivity index (χ4v) is 3.45. The fourth-order valence-electron chi connectivity index (χ4n) is 2.65. The van der Waals surface area contributed by atoms with Crippen molar-refractivity contribution in [2.24, 2.45) is 0 Å². The van der Waals surface area contributed by atoms with Crippen LogP contribution in [-0.4, -0.2) is 51.7 Å². The molecule has 1 atom stereocenters. The van der Waals surface area contributed by atoms with Crippen LogP contribution in [-0.2, 0) is 21.4 Å². The molecular formula is C15H22N2O4S. The van der Waals surface area contributed by atoms with Crippen LogP contribution in [0, 0.1) is 0 Å². The average molecular weight is 326 g/mol. The molecular weight excluding hydrogens is 304 g/mol. The summed E-state index contributed by atoms with van der Waals surface area (Å²) in [6.07, 6.45) is 2.69. The van der Waals surface area contributed by atoms with Crippen LogP contribution in [0.2, 0.25) is 0 Å². The van der Waals surface area contributed by atoms with Gasteiger partial charge in [0.1, 0.15) is 0 Å². The number of hydrogen-bond donors (Lipinski definition) is 1. The minimum atomic E-state index is -3.25. The van der Waals surface area contributed by atoms with E-state index in [1.54, 1.807) is 24.1 Å². The van der Waals surface area contributed by atoms with Crippen LogP contribution in [0.4, 0.5) is 0 Å². The van der Waals surface area contributed by atoms with Crippen molar-refractivity contribution in [1.82, 2.24) is 9.62 Å². The standard InChI is InChI=1S/C15H22N2O4S/c1-21-11-12-5-7-13(8-6-12)15(18)17-9-3-4-14(10-17)16-22(2,19)20/h5-8,14,16H,3-4,9-11H2,1-2H3/t14-/m1/s1. The molecule has 22 heavy (non-hydrogen) atoms. The van der Waals surface area contributed by atoms with Gasteiger partial charge in [0.2, 0.25) is 10.0 Å². The normalized spacial score (nSPS) is 19.2. The summed E-state index contributed by atoms with van der Waals surface area (Å²) in [6.45, 7) is 1.57. The molecule has 1 saturated heterocycles. The monoisotopic (exact) mass is 326 g/mol. The highest BCUT2D eigenvalue weighted by Crippen LogP contribution is 2.15. The van der Waals surface area contributed by atoms with Gasteiger partial charge in [-0.1, -0.05) is 12.1 Å². The molecule has 1 aromatic carbocycles. The molecule has 1 aromatic rings. The smallest absolute Gasteiger partial charge is 0.253 e. The highest BCUT2D eigenvalue weighted by atomic mass is 32.2. The number of benzene rings is 1. The minimum Gasteiger partial charge on any atom is -0.380 e. The lowest BCUT2D eigenvalue weighted by Crippen LogP contribution is -2.49. The van der Waals surface area contributed by atoms with Crippen LogP contribution in [0.5, 0.6) is 0 Å². The second-order valence-electron chi connectivity index (χ2n) is 5.61. The summed E-state index contributed by atoms with van der Waals surface area (Å²) < 4.78 is 30.3. The Bertz CT molecular complexity index is 613. The molecule has 0 unspecified atom stereocenters. The molecule has 1 aliphatic rings. The van der Waals surface area contributed by atoms with E-state index in [0.717, 1.165) is 24.7 Å². The summed E-state index contributed by atoms with van der Waals surface area (Å²) in [4.78, 5) is 14.2. The first kappa shape index (κ1) is 16.9. The van der Waals surface area contributed by atoms with Crippen LogP contribution in [0.3, 0.4) is 0 Å². The topological polar surface area (TPSA) is 75.7 Å². The number of carbonyl (C=O) groups excluding carboxylic acids is 1. The van der Waals surface area contributed by atoms with E-state index in [1.165, 1.54) is 0 Å². The van der Waals surface area contributed by atoms with Crippen LogP contribution in [0.15, 0.2) is 24.3 Å². The number of amides is 1. The first-order chi connectivity index (χ1) is 10.4. The lowest BCUT2D eigenvalue weighted by Gasteiger charge is -2.32. The first-order valence-electron chi connectivity index (χ1n) is 7.23. The number of nitrogens with zero attached hydrogens (tertiary/aromatic N) is 1. The van der Waals surface area contributed by atoms with Crippen molar-refractivity contribution in [1.29, 1.82) is 0 Å². The van der Waals surface area contributed by atoms with Crippen molar-refractivity contribution in [2.45, 2.75) is 25.5 Å². The maximum atomic E-state index is 12.5. The quantitative estimate of drug-likeness (QED) is 0.875. The molecule has 1 amide bonds. The number of ether oxygens (including phenoxy) is 1.